The molecule has 9 nitrogen and oxygen atoms in total. The third-order valence-electron chi connectivity index (χ3n) is 5.30. The third kappa shape index (κ3) is 5.29. The lowest BCUT2D eigenvalue weighted by Crippen LogP contribution is -2.54. The highest BCUT2D eigenvalue weighted by Crippen LogP contribution is 2.30. The number of urea groups is 1. The van der Waals surface area contributed by atoms with Crippen molar-refractivity contribution in [1.82, 2.24) is 5.32 Å². The Hall–Kier alpha value is -4.02. The van der Waals surface area contributed by atoms with Gasteiger partial charge in [0.05, 0.1) is 15.1 Å². The van der Waals surface area contributed by atoms with E-state index in [-0.39, 0.29) is 23.6 Å². The van der Waals surface area contributed by atoms with Gasteiger partial charge >= 0.3 is 6.03 Å². The molecular weight excluding hydrogens is 554 g/mol. The molecule has 0 bridgehead atoms. The molecule has 0 aliphatic carbocycles. The molecule has 182 valence electrons. The fourth-order valence-corrected chi connectivity index (χ4v) is 4.19. The summed E-state index contributed by atoms with van der Waals surface area (Å²) in [6.07, 6.45) is 1.37. The topological polar surface area (TPSA) is 119 Å². The van der Waals surface area contributed by atoms with Gasteiger partial charge in [-0.05, 0) is 69.9 Å². The molecule has 36 heavy (non-hydrogen) atoms. The number of nitrogens with zero attached hydrogens (tertiary/aromatic N) is 2. The van der Waals surface area contributed by atoms with Gasteiger partial charge in [-0.15, -0.1) is 0 Å². The molecule has 0 spiro atoms. The molecule has 1 saturated heterocycles. The SMILES string of the molecule is Cc1ccc(Cl)cc1N1C(=O)NC(=O)/C(=C\c2ccc(OCc3cccc([N+](=O)[O-])c3)c(Br)c2)C1=O. The van der Waals surface area contributed by atoms with Crippen molar-refractivity contribution in [1.29, 1.82) is 0 Å². The van der Waals surface area contributed by atoms with Crippen LogP contribution in [0.15, 0.2) is 70.7 Å². The molecule has 4 rings (SSSR count). The summed E-state index contributed by atoms with van der Waals surface area (Å²) < 4.78 is 6.29. The minimum absolute atomic E-state index is 0.0342. The number of benzene rings is 3. The Morgan fingerprint density at radius 2 is 1.89 bits per heavy atom. The number of halogens is 2. The van der Waals surface area contributed by atoms with Gasteiger partial charge in [0, 0.05) is 17.2 Å². The first-order chi connectivity index (χ1) is 17.1. The van der Waals surface area contributed by atoms with Gasteiger partial charge in [-0.1, -0.05) is 35.9 Å². The van der Waals surface area contributed by atoms with Crippen molar-refractivity contribution in [3.05, 3.63) is 103 Å². The van der Waals surface area contributed by atoms with Crippen molar-refractivity contribution in [2.24, 2.45) is 0 Å². The van der Waals surface area contributed by atoms with Crippen LogP contribution in [0.1, 0.15) is 16.7 Å². The second-order valence-corrected chi connectivity index (χ2v) is 9.08. The van der Waals surface area contributed by atoms with Crippen LogP contribution in [0.3, 0.4) is 0 Å². The molecular formula is C25H17BrClN3O6. The average molecular weight is 571 g/mol. The van der Waals surface area contributed by atoms with E-state index in [1.54, 1.807) is 49.4 Å². The Morgan fingerprint density at radius 1 is 1.11 bits per heavy atom. The molecule has 11 heteroatoms. The van der Waals surface area contributed by atoms with E-state index in [2.05, 4.69) is 21.2 Å². The number of nitro groups is 1. The maximum Gasteiger partial charge on any atom is 0.335 e. The molecule has 0 saturated carbocycles. The monoisotopic (exact) mass is 569 g/mol. The van der Waals surface area contributed by atoms with E-state index in [0.29, 0.717) is 31.9 Å². The summed E-state index contributed by atoms with van der Waals surface area (Å²) in [6.45, 7) is 1.81. The predicted molar refractivity (Wildman–Crippen MR) is 137 cm³/mol. The number of rotatable bonds is 6. The quantitative estimate of drug-likeness (QED) is 0.179. The van der Waals surface area contributed by atoms with Gasteiger partial charge in [-0.25, -0.2) is 9.69 Å². The number of nitro benzene ring substituents is 1. The minimum Gasteiger partial charge on any atom is -0.488 e. The zero-order valence-electron chi connectivity index (χ0n) is 18.7. The first-order valence-corrected chi connectivity index (χ1v) is 11.6. The maximum atomic E-state index is 13.1. The van der Waals surface area contributed by atoms with E-state index in [9.17, 15) is 24.5 Å². The lowest BCUT2D eigenvalue weighted by molar-refractivity contribution is -0.384. The normalized spacial score (nSPS) is 14.7. The van der Waals surface area contributed by atoms with Crippen LogP contribution in [0.25, 0.3) is 6.08 Å². The van der Waals surface area contributed by atoms with E-state index in [4.69, 9.17) is 16.3 Å². The fourth-order valence-electron chi connectivity index (χ4n) is 3.51. The van der Waals surface area contributed by atoms with Crippen LogP contribution in [-0.4, -0.2) is 22.8 Å². The standard InChI is InChI=1S/C25H17BrClN3O6/c1-14-5-7-17(27)12-21(14)29-24(32)19(23(31)28-25(29)33)10-15-6-8-22(20(26)11-15)36-13-16-3-2-4-18(9-16)30(34)35/h2-12H,13H2,1H3,(H,28,31,33)/b19-10+. The summed E-state index contributed by atoms with van der Waals surface area (Å²) >= 11 is 9.45. The average Bonchev–Trinajstić information content (AvgIpc) is 2.83. The van der Waals surface area contributed by atoms with Gasteiger partial charge in [0.1, 0.15) is 17.9 Å². The summed E-state index contributed by atoms with van der Waals surface area (Å²) in [5.74, 6) is -1.14. The highest BCUT2D eigenvalue weighted by molar-refractivity contribution is 9.10. The number of hydrogen-bond donors (Lipinski definition) is 1. The number of nitrogens with one attached hydrogen (secondary N) is 1. The Labute approximate surface area is 218 Å². The molecule has 0 aromatic heterocycles. The lowest BCUT2D eigenvalue weighted by Gasteiger charge is -2.27. The molecule has 1 aliphatic rings. The van der Waals surface area contributed by atoms with Crippen molar-refractivity contribution in [3.63, 3.8) is 0 Å². The van der Waals surface area contributed by atoms with Crippen LogP contribution in [0.5, 0.6) is 5.75 Å². The van der Waals surface area contributed by atoms with E-state index in [1.165, 1.54) is 24.3 Å². The van der Waals surface area contributed by atoms with Crippen LogP contribution >= 0.6 is 27.5 Å². The third-order valence-corrected chi connectivity index (χ3v) is 6.15. The summed E-state index contributed by atoms with van der Waals surface area (Å²) in [6, 6.07) is 14.9. The van der Waals surface area contributed by atoms with Crippen molar-refractivity contribution in [2.75, 3.05) is 4.90 Å². The van der Waals surface area contributed by atoms with Gasteiger partial charge in [0.2, 0.25) is 0 Å². The molecule has 1 fully saturated rings. The Bertz CT molecular complexity index is 1460. The molecule has 4 amide bonds. The molecule has 1 aliphatic heterocycles. The second-order valence-electron chi connectivity index (χ2n) is 7.79. The Morgan fingerprint density at radius 3 is 2.61 bits per heavy atom. The molecule has 0 radical (unpaired) electrons. The van der Waals surface area contributed by atoms with Crippen molar-refractivity contribution in [3.8, 4) is 5.75 Å². The molecule has 0 atom stereocenters. The van der Waals surface area contributed by atoms with E-state index in [0.717, 1.165) is 4.90 Å². The Balaban J connectivity index is 1.57. The molecule has 1 heterocycles. The Kier molecular flexibility index (Phi) is 7.18. The summed E-state index contributed by atoms with van der Waals surface area (Å²) in [5, 5.41) is 13.5. The van der Waals surface area contributed by atoms with Crippen LogP contribution in [-0.2, 0) is 16.2 Å². The summed E-state index contributed by atoms with van der Waals surface area (Å²) in [7, 11) is 0. The maximum absolute atomic E-state index is 13.1. The van der Waals surface area contributed by atoms with Crippen molar-refractivity contribution < 1.29 is 24.0 Å². The molecule has 3 aromatic carbocycles. The zero-order chi connectivity index (χ0) is 26.0. The first kappa shape index (κ1) is 25.1. The number of carbonyl (C=O) groups excluding carboxylic acids is 3. The number of non-ortho nitro benzene ring substituents is 1. The van der Waals surface area contributed by atoms with Crippen molar-refractivity contribution >= 4 is 62.8 Å². The van der Waals surface area contributed by atoms with Gasteiger partial charge in [-0.3, -0.25) is 25.0 Å². The number of hydrogen-bond acceptors (Lipinski definition) is 6. The first-order valence-electron chi connectivity index (χ1n) is 10.5. The number of anilines is 1. The van der Waals surface area contributed by atoms with Gasteiger partial charge in [0.25, 0.3) is 17.5 Å². The number of barbiturate groups is 1. The smallest absolute Gasteiger partial charge is 0.335 e. The number of ether oxygens (including phenoxy) is 1. The summed E-state index contributed by atoms with van der Waals surface area (Å²) in [4.78, 5) is 49.4. The highest BCUT2D eigenvalue weighted by atomic mass is 79.9. The highest BCUT2D eigenvalue weighted by Gasteiger charge is 2.37. The van der Waals surface area contributed by atoms with Crippen LogP contribution in [0.2, 0.25) is 5.02 Å². The lowest BCUT2D eigenvalue weighted by atomic mass is 10.1. The van der Waals surface area contributed by atoms with Crippen LogP contribution in [0, 0.1) is 17.0 Å². The van der Waals surface area contributed by atoms with E-state index < -0.39 is 22.8 Å². The van der Waals surface area contributed by atoms with E-state index in [1.807, 2.05) is 0 Å². The zero-order valence-corrected chi connectivity index (χ0v) is 21.0. The van der Waals surface area contributed by atoms with E-state index >= 15 is 0 Å². The number of imide groups is 2. The number of aryl methyl sites for hydroxylation is 1. The summed E-state index contributed by atoms with van der Waals surface area (Å²) in [5.41, 5.74) is 1.76. The van der Waals surface area contributed by atoms with Gasteiger partial charge in [0.15, 0.2) is 0 Å². The fraction of sp³-hybridized carbons (Fsp3) is 0.0800. The predicted octanol–water partition coefficient (Wildman–Crippen LogP) is 5.56. The van der Waals surface area contributed by atoms with Crippen LogP contribution in [0.4, 0.5) is 16.2 Å². The van der Waals surface area contributed by atoms with Crippen LogP contribution < -0.4 is 15.0 Å². The van der Waals surface area contributed by atoms with Crippen molar-refractivity contribution in [2.45, 2.75) is 13.5 Å². The van der Waals surface area contributed by atoms with Gasteiger partial charge in [-0.2, -0.15) is 0 Å². The molecule has 3 aromatic rings. The number of carbonyl (C=O) groups is 3. The second kappa shape index (κ2) is 10.3. The van der Waals surface area contributed by atoms with Gasteiger partial charge < -0.3 is 4.74 Å². The molecule has 0 unspecified atom stereocenters. The largest absolute Gasteiger partial charge is 0.488 e. The minimum atomic E-state index is -0.862. The number of amides is 4. The molecule has 1 N–H and O–H groups in total.